The first-order valence-electron chi connectivity index (χ1n) is 5.39. The first kappa shape index (κ1) is 11.8. The van der Waals surface area contributed by atoms with Gasteiger partial charge in [-0.05, 0) is 42.7 Å². The third-order valence-corrected chi connectivity index (χ3v) is 3.97. The highest BCUT2D eigenvalue weighted by Crippen LogP contribution is 2.10. The zero-order valence-electron chi connectivity index (χ0n) is 9.56. The van der Waals surface area contributed by atoms with Gasteiger partial charge in [0.2, 0.25) is 0 Å². The van der Waals surface area contributed by atoms with Crippen LogP contribution in [-0.4, -0.2) is 11.0 Å². The highest BCUT2D eigenvalue weighted by molar-refractivity contribution is 7.09. The molecule has 4 heteroatoms. The minimum Gasteiger partial charge on any atom is -0.308 e. The van der Waals surface area contributed by atoms with Gasteiger partial charge >= 0.3 is 0 Å². The van der Waals surface area contributed by atoms with E-state index in [-0.39, 0.29) is 0 Å². The summed E-state index contributed by atoms with van der Waals surface area (Å²) in [5.74, 6) is 0. The molecular formula is C12H16N2S2. The molecule has 1 N–H and O–H groups in total. The van der Waals surface area contributed by atoms with Gasteiger partial charge in [-0.25, -0.2) is 4.98 Å². The van der Waals surface area contributed by atoms with Crippen LogP contribution in [0.2, 0.25) is 0 Å². The van der Waals surface area contributed by atoms with Gasteiger partial charge in [-0.3, -0.25) is 0 Å². The maximum atomic E-state index is 4.44. The SMILES string of the molecule is Cc1nc(CNC(C)Cc2ccsc2)cs1. The van der Waals surface area contributed by atoms with E-state index in [1.807, 2.05) is 6.92 Å². The lowest BCUT2D eigenvalue weighted by molar-refractivity contribution is 0.541. The molecule has 1 unspecified atom stereocenters. The van der Waals surface area contributed by atoms with Gasteiger partial charge in [0.15, 0.2) is 0 Å². The number of aromatic nitrogens is 1. The predicted octanol–water partition coefficient (Wildman–Crippen LogP) is 3.23. The number of rotatable bonds is 5. The van der Waals surface area contributed by atoms with Crippen LogP contribution in [0.3, 0.4) is 0 Å². The summed E-state index contributed by atoms with van der Waals surface area (Å²) < 4.78 is 0. The van der Waals surface area contributed by atoms with Crippen LogP contribution >= 0.6 is 22.7 Å². The zero-order chi connectivity index (χ0) is 11.4. The summed E-state index contributed by atoms with van der Waals surface area (Å²) in [6, 6.07) is 2.69. The Morgan fingerprint density at radius 3 is 2.94 bits per heavy atom. The fraction of sp³-hybridized carbons (Fsp3) is 0.417. The molecule has 0 bridgehead atoms. The second-order valence-corrected chi connectivity index (χ2v) is 5.82. The largest absolute Gasteiger partial charge is 0.308 e. The second kappa shape index (κ2) is 5.57. The van der Waals surface area contributed by atoms with E-state index < -0.39 is 0 Å². The van der Waals surface area contributed by atoms with Gasteiger partial charge < -0.3 is 5.32 Å². The average molecular weight is 252 g/mol. The maximum Gasteiger partial charge on any atom is 0.0897 e. The van der Waals surface area contributed by atoms with Crippen molar-refractivity contribution in [2.75, 3.05) is 0 Å². The van der Waals surface area contributed by atoms with Gasteiger partial charge in [-0.15, -0.1) is 11.3 Å². The molecule has 0 fully saturated rings. The number of hydrogen-bond acceptors (Lipinski definition) is 4. The predicted molar refractivity (Wildman–Crippen MR) is 71.2 cm³/mol. The number of hydrogen-bond donors (Lipinski definition) is 1. The minimum absolute atomic E-state index is 0.497. The lowest BCUT2D eigenvalue weighted by Crippen LogP contribution is -2.27. The van der Waals surface area contributed by atoms with Crippen LogP contribution in [0, 0.1) is 6.92 Å². The van der Waals surface area contributed by atoms with E-state index in [9.17, 15) is 0 Å². The van der Waals surface area contributed by atoms with Gasteiger partial charge in [0.1, 0.15) is 0 Å². The lowest BCUT2D eigenvalue weighted by Gasteiger charge is -2.11. The molecule has 2 nitrogen and oxygen atoms in total. The van der Waals surface area contributed by atoms with Crippen LogP contribution in [0.1, 0.15) is 23.2 Å². The number of aryl methyl sites for hydroxylation is 1. The number of thiophene rings is 1. The first-order valence-corrected chi connectivity index (χ1v) is 7.22. The molecule has 0 spiro atoms. The molecule has 86 valence electrons. The van der Waals surface area contributed by atoms with Crippen LogP contribution in [0.15, 0.2) is 22.2 Å². The first-order chi connectivity index (χ1) is 7.74. The van der Waals surface area contributed by atoms with Crippen LogP contribution in [-0.2, 0) is 13.0 Å². The maximum absolute atomic E-state index is 4.44. The molecule has 0 radical (unpaired) electrons. The summed E-state index contributed by atoms with van der Waals surface area (Å²) in [6.45, 7) is 5.13. The normalized spacial score (nSPS) is 12.9. The summed E-state index contributed by atoms with van der Waals surface area (Å²) in [4.78, 5) is 4.44. The minimum atomic E-state index is 0.497. The molecule has 1 atom stereocenters. The molecule has 0 aliphatic rings. The van der Waals surface area contributed by atoms with Crippen molar-refractivity contribution in [2.45, 2.75) is 32.9 Å². The molecular weight excluding hydrogens is 236 g/mol. The van der Waals surface area contributed by atoms with Gasteiger partial charge in [0, 0.05) is 18.0 Å². The Morgan fingerprint density at radius 2 is 2.31 bits per heavy atom. The van der Waals surface area contributed by atoms with E-state index in [4.69, 9.17) is 0 Å². The van der Waals surface area contributed by atoms with Crippen LogP contribution in [0.25, 0.3) is 0 Å². The molecule has 0 amide bonds. The van der Waals surface area contributed by atoms with Gasteiger partial charge in [0.05, 0.1) is 10.7 Å². The monoisotopic (exact) mass is 252 g/mol. The molecule has 2 aromatic heterocycles. The van der Waals surface area contributed by atoms with Crippen molar-refractivity contribution in [3.05, 3.63) is 38.5 Å². The number of thiazole rings is 1. The molecule has 0 aliphatic carbocycles. The average Bonchev–Trinajstić information content (AvgIpc) is 2.87. The summed E-state index contributed by atoms with van der Waals surface area (Å²) >= 11 is 3.47. The van der Waals surface area contributed by atoms with Crippen molar-refractivity contribution in [1.29, 1.82) is 0 Å². The molecule has 2 rings (SSSR count). The Hall–Kier alpha value is -0.710. The summed E-state index contributed by atoms with van der Waals surface area (Å²) in [5, 5.41) is 11.1. The van der Waals surface area contributed by atoms with E-state index in [1.54, 1.807) is 22.7 Å². The van der Waals surface area contributed by atoms with Crippen molar-refractivity contribution in [3.63, 3.8) is 0 Å². The molecule has 0 aliphatic heterocycles. The standard InChI is InChI=1S/C12H16N2S2/c1-9(5-11-3-4-15-7-11)13-6-12-8-16-10(2)14-12/h3-4,7-9,13H,5-6H2,1-2H3. The second-order valence-electron chi connectivity index (χ2n) is 3.98. The van der Waals surface area contributed by atoms with Crippen LogP contribution in [0.5, 0.6) is 0 Å². The Labute approximate surface area is 104 Å². The van der Waals surface area contributed by atoms with E-state index in [0.29, 0.717) is 6.04 Å². The third-order valence-electron chi connectivity index (χ3n) is 2.42. The van der Waals surface area contributed by atoms with E-state index in [1.165, 1.54) is 5.56 Å². The van der Waals surface area contributed by atoms with Crippen LogP contribution in [0.4, 0.5) is 0 Å². The Bertz CT molecular complexity index is 420. The van der Waals surface area contributed by atoms with Gasteiger partial charge in [-0.1, -0.05) is 0 Å². The molecule has 16 heavy (non-hydrogen) atoms. The van der Waals surface area contributed by atoms with E-state index in [0.717, 1.165) is 23.7 Å². The quantitative estimate of drug-likeness (QED) is 0.883. The third kappa shape index (κ3) is 3.40. The fourth-order valence-electron chi connectivity index (χ4n) is 1.60. The molecule has 0 saturated heterocycles. The highest BCUT2D eigenvalue weighted by Gasteiger charge is 2.04. The van der Waals surface area contributed by atoms with Gasteiger partial charge in [-0.2, -0.15) is 11.3 Å². The Balaban J connectivity index is 1.77. The van der Waals surface area contributed by atoms with Crippen molar-refractivity contribution < 1.29 is 0 Å². The molecule has 2 aromatic rings. The van der Waals surface area contributed by atoms with Crippen molar-refractivity contribution in [1.82, 2.24) is 10.3 Å². The van der Waals surface area contributed by atoms with E-state index >= 15 is 0 Å². The molecule has 0 aromatic carbocycles. The number of nitrogens with zero attached hydrogens (tertiary/aromatic N) is 1. The van der Waals surface area contributed by atoms with Gasteiger partial charge in [0.25, 0.3) is 0 Å². The van der Waals surface area contributed by atoms with Crippen molar-refractivity contribution >= 4 is 22.7 Å². The fourth-order valence-corrected chi connectivity index (χ4v) is 2.90. The zero-order valence-corrected chi connectivity index (χ0v) is 11.2. The molecule has 0 saturated carbocycles. The van der Waals surface area contributed by atoms with Crippen molar-refractivity contribution in [2.24, 2.45) is 0 Å². The smallest absolute Gasteiger partial charge is 0.0897 e. The number of nitrogens with one attached hydrogen (secondary N) is 1. The summed E-state index contributed by atoms with van der Waals surface area (Å²) in [5.41, 5.74) is 2.57. The highest BCUT2D eigenvalue weighted by atomic mass is 32.1. The topological polar surface area (TPSA) is 24.9 Å². The summed E-state index contributed by atoms with van der Waals surface area (Å²) in [6.07, 6.45) is 1.09. The lowest BCUT2D eigenvalue weighted by atomic mass is 10.1. The van der Waals surface area contributed by atoms with Crippen LogP contribution < -0.4 is 5.32 Å². The Morgan fingerprint density at radius 1 is 1.44 bits per heavy atom. The van der Waals surface area contributed by atoms with E-state index in [2.05, 4.69) is 39.4 Å². The molecule has 2 heterocycles. The Kier molecular flexibility index (Phi) is 4.09. The van der Waals surface area contributed by atoms with Crippen molar-refractivity contribution in [3.8, 4) is 0 Å². The summed E-state index contributed by atoms with van der Waals surface area (Å²) in [7, 11) is 0.